The largest absolute Gasteiger partial charge is 0.493 e. The highest BCUT2D eigenvalue weighted by molar-refractivity contribution is 9.08. The highest BCUT2D eigenvalue weighted by Crippen LogP contribution is 2.26. The maximum absolute atomic E-state index is 12.9. The second-order valence-electron chi connectivity index (χ2n) is 2.17. The van der Waals surface area contributed by atoms with Gasteiger partial charge in [0.1, 0.15) is 5.82 Å². The minimum atomic E-state index is -0.548. The van der Waals surface area contributed by atoms with Crippen LogP contribution >= 0.6 is 15.9 Å². The van der Waals surface area contributed by atoms with E-state index in [-0.39, 0.29) is 16.6 Å². The van der Waals surface area contributed by atoms with Gasteiger partial charge in [-0.05, 0) is 12.1 Å². The second kappa shape index (κ2) is 3.85. The number of ether oxygens (including phenoxy) is 1. The average molecular weight is 237 g/mol. The lowest BCUT2D eigenvalue weighted by Gasteiger charge is -2.07. The molecule has 1 nitrogen and oxygen atoms in total. The van der Waals surface area contributed by atoms with E-state index in [4.69, 9.17) is 4.74 Å². The van der Waals surface area contributed by atoms with Gasteiger partial charge in [-0.3, -0.25) is 0 Å². The maximum Gasteiger partial charge on any atom is 0.165 e. The number of hydrogen-bond acceptors (Lipinski definition) is 1. The lowest BCUT2D eigenvalue weighted by atomic mass is 10.2. The molecule has 0 saturated heterocycles. The number of methoxy groups -OCH3 is 1. The van der Waals surface area contributed by atoms with Crippen LogP contribution in [0.15, 0.2) is 12.1 Å². The van der Waals surface area contributed by atoms with Crippen molar-refractivity contribution in [1.29, 1.82) is 0 Å². The van der Waals surface area contributed by atoms with E-state index in [1.807, 2.05) is 0 Å². The molecule has 0 fully saturated rings. The number of halogens is 3. The fourth-order valence-electron chi connectivity index (χ4n) is 0.920. The van der Waals surface area contributed by atoms with E-state index >= 15 is 0 Å². The first-order valence-corrected chi connectivity index (χ1v) is 4.39. The maximum atomic E-state index is 12.9. The molecule has 0 spiro atoms. The monoisotopic (exact) mass is 236 g/mol. The van der Waals surface area contributed by atoms with Crippen LogP contribution in [0.2, 0.25) is 0 Å². The zero-order chi connectivity index (χ0) is 9.14. The van der Waals surface area contributed by atoms with Crippen molar-refractivity contribution in [3.63, 3.8) is 0 Å². The van der Waals surface area contributed by atoms with Crippen LogP contribution in [0.4, 0.5) is 8.78 Å². The smallest absolute Gasteiger partial charge is 0.165 e. The summed E-state index contributed by atoms with van der Waals surface area (Å²) >= 11 is 3.05. The van der Waals surface area contributed by atoms with Gasteiger partial charge in [0, 0.05) is 10.9 Å². The van der Waals surface area contributed by atoms with Gasteiger partial charge in [0.15, 0.2) is 11.6 Å². The first-order chi connectivity index (χ1) is 5.70. The summed E-state index contributed by atoms with van der Waals surface area (Å²) in [6.45, 7) is 0. The van der Waals surface area contributed by atoms with Crippen molar-refractivity contribution in [2.24, 2.45) is 0 Å². The Morgan fingerprint density at radius 2 is 1.92 bits per heavy atom. The first-order valence-electron chi connectivity index (χ1n) is 3.27. The average Bonchev–Trinajstić information content (AvgIpc) is 2.08. The van der Waals surface area contributed by atoms with Gasteiger partial charge in [-0.15, -0.1) is 0 Å². The van der Waals surface area contributed by atoms with Crippen LogP contribution in [0.3, 0.4) is 0 Å². The Labute approximate surface area is 77.5 Å². The molecule has 0 radical (unpaired) electrons. The van der Waals surface area contributed by atoms with Crippen LogP contribution in [-0.2, 0) is 5.33 Å². The highest BCUT2D eigenvalue weighted by Gasteiger charge is 2.12. The van der Waals surface area contributed by atoms with E-state index in [0.717, 1.165) is 12.1 Å². The minimum Gasteiger partial charge on any atom is -0.493 e. The summed E-state index contributed by atoms with van der Waals surface area (Å²) in [4.78, 5) is 0. The Kier molecular flexibility index (Phi) is 3.03. The van der Waals surface area contributed by atoms with Gasteiger partial charge >= 0.3 is 0 Å². The molecule has 0 atom stereocenters. The van der Waals surface area contributed by atoms with Crippen LogP contribution in [0, 0.1) is 11.6 Å². The third-order valence-electron chi connectivity index (χ3n) is 1.49. The van der Waals surface area contributed by atoms with Crippen LogP contribution in [0.1, 0.15) is 5.56 Å². The molecule has 66 valence electrons. The van der Waals surface area contributed by atoms with Crippen molar-refractivity contribution in [3.8, 4) is 5.75 Å². The standard InChI is InChI=1S/C8H7BrF2O/c1-12-8-5(4-9)6(10)2-3-7(8)11/h2-3H,4H2,1H3. The molecular formula is C8H7BrF2O. The van der Waals surface area contributed by atoms with Crippen LogP contribution in [-0.4, -0.2) is 7.11 Å². The summed E-state index contributed by atoms with van der Waals surface area (Å²) in [6, 6.07) is 2.12. The van der Waals surface area contributed by atoms with Crippen molar-refractivity contribution >= 4 is 15.9 Å². The molecule has 0 aliphatic rings. The molecule has 1 rings (SSSR count). The van der Waals surface area contributed by atoms with Gasteiger partial charge in [0.25, 0.3) is 0 Å². The van der Waals surface area contributed by atoms with E-state index in [1.165, 1.54) is 7.11 Å². The number of benzene rings is 1. The Bertz CT molecular complexity index is 260. The molecule has 0 heterocycles. The Morgan fingerprint density at radius 3 is 2.33 bits per heavy atom. The Morgan fingerprint density at radius 1 is 1.33 bits per heavy atom. The molecule has 0 N–H and O–H groups in total. The third-order valence-corrected chi connectivity index (χ3v) is 2.05. The van der Waals surface area contributed by atoms with Crippen LogP contribution in [0.25, 0.3) is 0 Å². The van der Waals surface area contributed by atoms with Crippen molar-refractivity contribution in [3.05, 3.63) is 29.3 Å². The van der Waals surface area contributed by atoms with Crippen molar-refractivity contribution in [2.45, 2.75) is 5.33 Å². The third kappa shape index (κ3) is 1.58. The number of rotatable bonds is 2. The summed E-state index contributed by atoms with van der Waals surface area (Å²) in [7, 11) is 1.31. The van der Waals surface area contributed by atoms with Crippen LogP contribution < -0.4 is 4.74 Å². The number of hydrogen-bond donors (Lipinski definition) is 0. The molecule has 12 heavy (non-hydrogen) atoms. The Balaban J connectivity index is 3.28. The van der Waals surface area contributed by atoms with E-state index in [9.17, 15) is 8.78 Å². The molecule has 0 bridgehead atoms. The van der Waals surface area contributed by atoms with E-state index in [0.29, 0.717) is 0 Å². The summed E-state index contributed by atoms with van der Waals surface area (Å²) in [5, 5.41) is 0.236. The summed E-state index contributed by atoms with van der Waals surface area (Å²) < 4.78 is 30.5. The predicted molar refractivity (Wildman–Crippen MR) is 45.5 cm³/mol. The van der Waals surface area contributed by atoms with Crippen molar-refractivity contribution in [1.82, 2.24) is 0 Å². The SMILES string of the molecule is COc1c(F)ccc(F)c1CBr. The molecule has 0 amide bonds. The quantitative estimate of drug-likeness (QED) is 0.718. The van der Waals surface area contributed by atoms with Crippen molar-refractivity contribution < 1.29 is 13.5 Å². The first kappa shape index (κ1) is 9.45. The van der Waals surface area contributed by atoms with Gasteiger partial charge in [0.05, 0.1) is 7.11 Å². The minimum absolute atomic E-state index is 0.0353. The van der Waals surface area contributed by atoms with Gasteiger partial charge in [0.2, 0.25) is 0 Å². The zero-order valence-corrected chi connectivity index (χ0v) is 7.99. The van der Waals surface area contributed by atoms with Gasteiger partial charge in [-0.2, -0.15) is 0 Å². The topological polar surface area (TPSA) is 9.23 Å². The fourth-order valence-corrected chi connectivity index (χ4v) is 1.44. The molecule has 0 saturated carbocycles. The van der Waals surface area contributed by atoms with E-state index in [1.54, 1.807) is 0 Å². The normalized spacial score (nSPS) is 10.0. The molecule has 0 aromatic heterocycles. The van der Waals surface area contributed by atoms with Crippen molar-refractivity contribution in [2.75, 3.05) is 7.11 Å². The molecule has 0 unspecified atom stereocenters. The molecular weight excluding hydrogens is 230 g/mol. The summed E-state index contributed by atoms with van der Waals surface area (Å²) in [5.74, 6) is -1.05. The molecule has 0 aliphatic carbocycles. The highest BCUT2D eigenvalue weighted by atomic mass is 79.9. The van der Waals surface area contributed by atoms with Gasteiger partial charge in [-0.25, -0.2) is 8.78 Å². The molecule has 0 aliphatic heterocycles. The molecule has 4 heteroatoms. The number of alkyl halides is 1. The zero-order valence-electron chi connectivity index (χ0n) is 6.40. The van der Waals surface area contributed by atoms with Gasteiger partial charge < -0.3 is 4.74 Å². The van der Waals surface area contributed by atoms with Crippen LogP contribution in [0.5, 0.6) is 5.75 Å². The lowest BCUT2D eigenvalue weighted by molar-refractivity contribution is 0.378. The van der Waals surface area contributed by atoms with E-state index in [2.05, 4.69) is 15.9 Å². The molecule has 1 aromatic carbocycles. The lowest BCUT2D eigenvalue weighted by Crippen LogP contribution is -1.96. The summed E-state index contributed by atoms with van der Waals surface area (Å²) in [6.07, 6.45) is 0. The van der Waals surface area contributed by atoms with Gasteiger partial charge in [-0.1, -0.05) is 15.9 Å². The molecule has 1 aromatic rings. The second-order valence-corrected chi connectivity index (χ2v) is 2.74. The van der Waals surface area contributed by atoms with E-state index < -0.39 is 11.6 Å². The summed E-state index contributed by atoms with van der Waals surface area (Å²) in [5.41, 5.74) is 0.206. The Hall–Kier alpha value is -0.640. The fraction of sp³-hybridized carbons (Fsp3) is 0.250. The predicted octanol–water partition coefficient (Wildman–Crippen LogP) is 2.87.